The largest absolute Gasteiger partial charge is 0.418 e. The van der Waals surface area contributed by atoms with Crippen LogP contribution in [0.25, 0.3) is 11.6 Å². The predicted molar refractivity (Wildman–Crippen MR) is 77.8 cm³/mol. The highest BCUT2D eigenvalue weighted by Crippen LogP contribution is 2.22. The minimum atomic E-state index is 0.563. The maximum absolute atomic E-state index is 5.81. The third-order valence-corrected chi connectivity index (χ3v) is 4.20. The molecule has 1 aliphatic rings. The first-order valence-corrected chi connectivity index (χ1v) is 7.30. The van der Waals surface area contributed by atoms with Gasteiger partial charge < -0.3 is 13.5 Å². The molecule has 0 bridgehead atoms. The lowest BCUT2D eigenvalue weighted by Gasteiger charge is -2.23. The molecule has 0 saturated carbocycles. The molecule has 0 amide bonds. The second-order valence-electron chi connectivity index (χ2n) is 5.67. The molecule has 1 aliphatic heterocycles. The van der Waals surface area contributed by atoms with E-state index in [0.29, 0.717) is 18.3 Å². The summed E-state index contributed by atoms with van der Waals surface area (Å²) < 4.78 is 12.9. The molecule has 3 aromatic heterocycles. The van der Waals surface area contributed by atoms with E-state index >= 15 is 0 Å². The van der Waals surface area contributed by atoms with Gasteiger partial charge in [0.2, 0.25) is 5.89 Å². The molecular formula is C15H17N5O2. The number of rotatable bonds is 3. The van der Waals surface area contributed by atoms with Gasteiger partial charge in [-0.25, -0.2) is 0 Å². The molecule has 0 radical (unpaired) electrons. The van der Waals surface area contributed by atoms with Crippen molar-refractivity contribution < 1.29 is 8.94 Å². The zero-order valence-corrected chi connectivity index (χ0v) is 12.6. The van der Waals surface area contributed by atoms with Crippen molar-refractivity contribution in [2.45, 2.75) is 26.4 Å². The fourth-order valence-corrected chi connectivity index (χ4v) is 2.77. The van der Waals surface area contributed by atoms with Gasteiger partial charge in [-0.2, -0.15) is 0 Å². The van der Waals surface area contributed by atoms with Crippen molar-refractivity contribution in [1.29, 1.82) is 0 Å². The molecule has 4 rings (SSSR count). The third-order valence-electron chi connectivity index (χ3n) is 4.20. The maximum atomic E-state index is 5.81. The standard InChI is InChI=1S/C15H17N5O2/c1-10-3-4-13(19(10)2)15-17-16-14(22-15)8-20-6-5-12-11(7-20)9-21-18-12/h3-4,9H,5-8H2,1-2H3. The Kier molecular flexibility index (Phi) is 3.07. The molecule has 3 aromatic rings. The zero-order chi connectivity index (χ0) is 15.1. The molecule has 0 atom stereocenters. The van der Waals surface area contributed by atoms with Gasteiger partial charge in [0.1, 0.15) is 12.0 Å². The Morgan fingerprint density at radius 1 is 1.27 bits per heavy atom. The number of nitrogens with zero attached hydrogens (tertiary/aromatic N) is 5. The zero-order valence-electron chi connectivity index (χ0n) is 12.6. The second kappa shape index (κ2) is 5.10. The van der Waals surface area contributed by atoms with E-state index in [1.807, 2.05) is 30.7 Å². The Balaban J connectivity index is 1.50. The van der Waals surface area contributed by atoms with Crippen molar-refractivity contribution in [1.82, 2.24) is 24.8 Å². The summed E-state index contributed by atoms with van der Waals surface area (Å²) in [4.78, 5) is 2.26. The first-order valence-electron chi connectivity index (χ1n) is 7.30. The van der Waals surface area contributed by atoms with Crippen LogP contribution < -0.4 is 0 Å². The van der Waals surface area contributed by atoms with Gasteiger partial charge in [0.25, 0.3) is 5.89 Å². The summed E-state index contributed by atoms with van der Waals surface area (Å²) in [6.07, 6.45) is 2.61. The number of fused-ring (bicyclic) bond motifs is 1. The van der Waals surface area contributed by atoms with Crippen LogP contribution in [0.1, 0.15) is 22.8 Å². The van der Waals surface area contributed by atoms with E-state index in [1.54, 1.807) is 6.26 Å². The molecule has 0 spiro atoms. The molecule has 0 aromatic carbocycles. The molecule has 7 heteroatoms. The summed E-state index contributed by atoms with van der Waals surface area (Å²) in [5, 5.41) is 12.3. The minimum Gasteiger partial charge on any atom is -0.418 e. The van der Waals surface area contributed by atoms with Crippen LogP contribution in [-0.4, -0.2) is 31.4 Å². The van der Waals surface area contributed by atoms with Gasteiger partial charge in [0.05, 0.1) is 12.2 Å². The van der Waals surface area contributed by atoms with E-state index in [4.69, 9.17) is 8.94 Å². The highest BCUT2D eigenvalue weighted by Gasteiger charge is 2.21. The van der Waals surface area contributed by atoms with Crippen LogP contribution >= 0.6 is 0 Å². The van der Waals surface area contributed by atoms with Crippen LogP contribution in [0.15, 0.2) is 27.3 Å². The van der Waals surface area contributed by atoms with E-state index in [0.717, 1.165) is 42.2 Å². The van der Waals surface area contributed by atoms with Gasteiger partial charge in [-0.15, -0.1) is 10.2 Å². The summed E-state index contributed by atoms with van der Waals surface area (Å²) in [5.74, 6) is 1.20. The Morgan fingerprint density at radius 2 is 2.18 bits per heavy atom. The lowest BCUT2D eigenvalue weighted by atomic mass is 10.1. The molecule has 0 aliphatic carbocycles. The van der Waals surface area contributed by atoms with Gasteiger partial charge in [0, 0.05) is 37.8 Å². The molecular weight excluding hydrogens is 282 g/mol. The molecule has 0 unspecified atom stereocenters. The molecule has 0 fully saturated rings. The average Bonchev–Trinajstić information content (AvgIpc) is 3.21. The van der Waals surface area contributed by atoms with Crippen molar-refractivity contribution in [2.24, 2.45) is 7.05 Å². The number of hydrogen-bond donors (Lipinski definition) is 0. The number of hydrogen-bond acceptors (Lipinski definition) is 6. The lowest BCUT2D eigenvalue weighted by molar-refractivity contribution is 0.221. The third kappa shape index (κ3) is 2.23. The molecule has 114 valence electrons. The Labute approximate surface area is 127 Å². The van der Waals surface area contributed by atoms with E-state index < -0.39 is 0 Å². The van der Waals surface area contributed by atoms with Crippen molar-refractivity contribution in [3.8, 4) is 11.6 Å². The van der Waals surface area contributed by atoms with Gasteiger partial charge in [0.15, 0.2) is 0 Å². The van der Waals surface area contributed by atoms with Crippen LogP contribution in [-0.2, 0) is 26.6 Å². The Hall–Kier alpha value is -2.41. The fourth-order valence-electron chi connectivity index (χ4n) is 2.77. The molecule has 4 heterocycles. The summed E-state index contributed by atoms with van der Waals surface area (Å²) in [7, 11) is 1.99. The molecule has 22 heavy (non-hydrogen) atoms. The average molecular weight is 299 g/mol. The van der Waals surface area contributed by atoms with E-state index in [2.05, 4.69) is 20.3 Å². The van der Waals surface area contributed by atoms with Crippen molar-refractivity contribution in [3.63, 3.8) is 0 Å². The van der Waals surface area contributed by atoms with Crippen molar-refractivity contribution in [3.05, 3.63) is 41.2 Å². The molecule has 7 nitrogen and oxygen atoms in total. The monoisotopic (exact) mass is 299 g/mol. The molecule has 0 saturated heterocycles. The van der Waals surface area contributed by atoms with Crippen LogP contribution in [0.2, 0.25) is 0 Å². The summed E-state index contributed by atoms with van der Waals surface area (Å²) in [6, 6.07) is 4.04. The highest BCUT2D eigenvalue weighted by molar-refractivity contribution is 5.48. The first-order chi connectivity index (χ1) is 10.7. The Morgan fingerprint density at radius 3 is 3.00 bits per heavy atom. The van der Waals surface area contributed by atoms with Crippen molar-refractivity contribution >= 4 is 0 Å². The predicted octanol–water partition coefficient (Wildman–Crippen LogP) is 1.93. The van der Waals surface area contributed by atoms with E-state index in [1.165, 1.54) is 0 Å². The summed E-state index contributed by atoms with van der Waals surface area (Å²) in [5.41, 5.74) is 4.30. The lowest BCUT2D eigenvalue weighted by Crippen LogP contribution is -2.29. The molecule has 0 N–H and O–H groups in total. The highest BCUT2D eigenvalue weighted by atomic mass is 16.5. The maximum Gasteiger partial charge on any atom is 0.264 e. The summed E-state index contributed by atoms with van der Waals surface area (Å²) in [6.45, 7) is 4.41. The van der Waals surface area contributed by atoms with Gasteiger partial charge in [-0.3, -0.25) is 4.90 Å². The van der Waals surface area contributed by atoms with Gasteiger partial charge >= 0.3 is 0 Å². The summed E-state index contributed by atoms with van der Waals surface area (Å²) >= 11 is 0. The SMILES string of the molecule is Cc1ccc(-c2nnc(CN3CCc4nocc4C3)o2)n1C. The quantitative estimate of drug-likeness (QED) is 0.736. The van der Waals surface area contributed by atoms with Crippen LogP contribution in [0.5, 0.6) is 0 Å². The fraction of sp³-hybridized carbons (Fsp3) is 0.400. The van der Waals surface area contributed by atoms with E-state index in [-0.39, 0.29) is 0 Å². The first kappa shape index (κ1) is 13.3. The van der Waals surface area contributed by atoms with E-state index in [9.17, 15) is 0 Å². The van der Waals surface area contributed by atoms with Crippen LogP contribution in [0, 0.1) is 6.92 Å². The normalized spacial score (nSPS) is 15.2. The van der Waals surface area contributed by atoms with Crippen LogP contribution in [0.3, 0.4) is 0 Å². The van der Waals surface area contributed by atoms with Crippen molar-refractivity contribution in [2.75, 3.05) is 6.54 Å². The second-order valence-corrected chi connectivity index (χ2v) is 5.67. The number of aromatic nitrogens is 4. The Bertz CT molecular complexity index is 801. The van der Waals surface area contributed by atoms with Crippen LogP contribution in [0.4, 0.5) is 0 Å². The van der Waals surface area contributed by atoms with Gasteiger partial charge in [-0.05, 0) is 19.1 Å². The number of aryl methyl sites for hydroxylation is 1. The smallest absolute Gasteiger partial charge is 0.264 e. The minimum absolute atomic E-state index is 0.563. The van der Waals surface area contributed by atoms with Gasteiger partial charge in [-0.1, -0.05) is 5.16 Å². The topological polar surface area (TPSA) is 73.1 Å².